The third kappa shape index (κ3) is 1.70. The van der Waals surface area contributed by atoms with Crippen molar-refractivity contribution in [3.05, 3.63) is 65.4 Å². The Balaban J connectivity index is 1.82. The molecule has 0 N–H and O–H groups in total. The van der Waals surface area contributed by atoms with Crippen molar-refractivity contribution in [2.75, 3.05) is 4.90 Å². The van der Waals surface area contributed by atoms with Crippen LogP contribution in [0.15, 0.2) is 48.7 Å². The van der Waals surface area contributed by atoms with E-state index in [0.717, 1.165) is 22.3 Å². The summed E-state index contributed by atoms with van der Waals surface area (Å²) in [6, 6.07) is 14.2. The van der Waals surface area contributed by atoms with Gasteiger partial charge in [0, 0.05) is 30.0 Å². The standard InChI is InChI=1S/C18H16N2O/c1-12-4-3-5-15-16(12)11-20(18(15)21)14-7-6-13-8-9-19(2)17(13)10-14/h3-10H,11H2,1-2H3. The molecule has 0 unspecified atom stereocenters. The van der Waals surface area contributed by atoms with E-state index in [9.17, 15) is 4.79 Å². The van der Waals surface area contributed by atoms with E-state index >= 15 is 0 Å². The lowest BCUT2D eigenvalue weighted by atomic mass is 10.1. The van der Waals surface area contributed by atoms with Gasteiger partial charge in [-0.25, -0.2) is 0 Å². The molecule has 0 bridgehead atoms. The van der Waals surface area contributed by atoms with E-state index in [1.54, 1.807) is 0 Å². The van der Waals surface area contributed by atoms with Crippen molar-refractivity contribution in [1.82, 2.24) is 4.57 Å². The molecular formula is C18H16N2O. The lowest BCUT2D eigenvalue weighted by Gasteiger charge is -2.16. The van der Waals surface area contributed by atoms with Gasteiger partial charge in [-0.05, 0) is 47.7 Å². The SMILES string of the molecule is Cc1cccc2c1CN(c1ccc3ccn(C)c3c1)C2=O. The smallest absolute Gasteiger partial charge is 0.258 e. The summed E-state index contributed by atoms with van der Waals surface area (Å²) in [6.07, 6.45) is 2.04. The summed E-state index contributed by atoms with van der Waals surface area (Å²) in [5, 5.41) is 1.20. The van der Waals surface area contributed by atoms with Crippen LogP contribution in [0.25, 0.3) is 10.9 Å². The Kier molecular flexibility index (Phi) is 2.45. The molecule has 0 aliphatic carbocycles. The molecule has 0 atom stereocenters. The second-order valence-corrected chi connectivity index (χ2v) is 5.66. The fourth-order valence-electron chi connectivity index (χ4n) is 3.12. The number of hydrogen-bond donors (Lipinski definition) is 0. The number of nitrogens with zero attached hydrogens (tertiary/aromatic N) is 2. The largest absolute Gasteiger partial charge is 0.350 e. The van der Waals surface area contributed by atoms with Crippen LogP contribution in [0.1, 0.15) is 21.5 Å². The molecule has 1 aromatic heterocycles. The van der Waals surface area contributed by atoms with Crippen LogP contribution in [0.2, 0.25) is 0 Å². The first-order valence-electron chi connectivity index (χ1n) is 7.10. The molecule has 21 heavy (non-hydrogen) atoms. The van der Waals surface area contributed by atoms with Crippen LogP contribution >= 0.6 is 0 Å². The summed E-state index contributed by atoms with van der Waals surface area (Å²) in [7, 11) is 2.02. The third-order valence-electron chi connectivity index (χ3n) is 4.39. The summed E-state index contributed by atoms with van der Waals surface area (Å²) in [6.45, 7) is 2.73. The highest BCUT2D eigenvalue weighted by Gasteiger charge is 2.29. The molecule has 104 valence electrons. The summed E-state index contributed by atoms with van der Waals surface area (Å²) in [5.74, 6) is 0.0993. The van der Waals surface area contributed by atoms with Crippen molar-refractivity contribution < 1.29 is 4.79 Å². The van der Waals surface area contributed by atoms with Gasteiger partial charge in [0.05, 0.1) is 6.54 Å². The Morgan fingerprint density at radius 3 is 2.76 bits per heavy atom. The van der Waals surface area contributed by atoms with E-state index < -0.39 is 0 Å². The van der Waals surface area contributed by atoms with Gasteiger partial charge in [-0.1, -0.05) is 18.2 Å². The molecule has 3 heteroatoms. The Hall–Kier alpha value is -2.55. The van der Waals surface area contributed by atoms with Gasteiger partial charge in [0.1, 0.15) is 0 Å². The molecule has 0 radical (unpaired) electrons. The average molecular weight is 276 g/mol. The van der Waals surface area contributed by atoms with Crippen molar-refractivity contribution in [2.45, 2.75) is 13.5 Å². The maximum absolute atomic E-state index is 12.6. The molecule has 2 heterocycles. The summed E-state index contributed by atoms with van der Waals surface area (Å²) in [4.78, 5) is 14.5. The predicted octanol–water partition coefficient (Wildman–Crippen LogP) is 3.65. The summed E-state index contributed by atoms with van der Waals surface area (Å²) < 4.78 is 2.08. The fourth-order valence-corrected chi connectivity index (χ4v) is 3.12. The highest BCUT2D eigenvalue weighted by Crippen LogP contribution is 2.31. The quantitative estimate of drug-likeness (QED) is 0.666. The van der Waals surface area contributed by atoms with Gasteiger partial charge in [0.2, 0.25) is 0 Å². The molecule has 1 aliphatic heterocycles. The molecular weight excluding hydrogens is 260 g/mol. The topological polar surface area (TPSA) is 25.2 Å². The summed E-state index contributed by atoms with van der Waals surface area (Å²) in [5.41, 5.74) is 5.28. The maximum atomic E-state index is 12.6. The Morgan fingerprint density at radius 2 is 1.95 bits per heavy atom. The van der Waals surface area contributed by atoms with Crippen molar-refractivity contribution in [1.29, 1.82) is 0 Å². The van der Waals surface area contributed by atoms with E-state index in [-0.39, 0.29) is 5.91 Å². The molecule has 4 rings (SSSR count). The van der Waals surface area contributed by atoms with Crippen LogP contribution in [0.3, 0.4) is 0 Å². The van der Waals surface area contributed by atoms with Gasteiger partial charge in [0.25, 0.3) is 5.91 Å². The third-order valence-corrected chi connectivity index (χ3v) is 4.39. The number of aromatic nitrogens is 1. The van der Waals surface area contributed by atoms with Crippen LogP contribution in [0, 0.1) is 6.92 Å². The van der Waals surface area contributed by atoms with Crippen LogP contribution in [-0.2, 0) is 13.6 Å². The van der Waals surface area contributed by atoms with Gasteiger partial charge in [-0.3, -0.25) is 4.79 Å². The lowest BCUT2D eigenvalue weighted by Crippen LogP contribution is -2.22. The fraction of sp³-hybridized carbons (Fsp3) is 0.167. The first kappa shape index (κ1) is 12.2. The minimum atomic E-state index is 0.0993. The first-order chi connectivity index (χ1) is 10.1. The number of carbonyl (C=O) groups is 1. The Labute approximate surface area is 123 Å². The van der Waals surface area contributed by atoms with Crippen LogP contribution in [-0.4, -0.2) is 10.5 Å². The molecule has 1 aliphatic rings. The number of carbonyl (C=O) groups excluding carboxylic acids is 1. The second kappa shape index (κ2) is 4.22. The zero-order chi connectivity index (χ0) is 14.6. The van der Waals surface area contributed by atoms with Gasteiger partial charge in [-0.2, -0.15) is 0 Å². The first-order valence-corrected chi connectivity index (χ1v) is 7.10. The van der Waals surface area contributed by atoms with Crippen LogP contribution in [0.4, 0.5) is 5.69 Å². The number of benzene rings is 2. The Morgan fingerprint density at radius 1 is 1.10 bits per heavy atom. The average Bonchev–Trinajstić information content (AvgIpc) is 3.02. The predicted molar refractivity (Wildman–Crippen MR) is 84.6 cm³/mol. The monoisotopic (exact) mass is 276 g/mol. The maximum Gasteiger partial charge on any atom is 0.258 e. The highest BCUT2D eigenvalue weighted by atomic mass is 16.2. The molecule has 0 spiro atoms. The summed E-state index contributed by atoms with van der Waals surface area (Å²) >= 11 is 0. The number of hydrogen-bond acceptors (Lipinski definition) is 1. The van der Waals surface area contributed by atoms with E-state index in [0.29, 0.717) is 6.54 Å². The van der Waals surface area contributed by atoms with Gasteiger partial charge in [0.15, 0.2) is 0 Å². The number of rotatable bonds is 1. The lowest BCUT2D eigenvalue weighted by molar-refractivity contribution is 0.0996. The number of fused-ring (bicyclic) bond motifs is 2. The van der Waals surface area contributed by atoms with E-state index in [4.69, 9.17) is 0 Å². The molecule has 0 saturated heterocycles. The number of amides is 1. The highest BCUT2D eigenvalue weighted by molar-refractivity contribution is 6.10. The number of aryl methyl sites for hydroxylation is 2. The van der Waals surface area contributed by atoms with Crippen molar-refractivity contribution in [2.24, 2.45) is 7.05 Å². The van der Waals surface area contributed by atoms with Crippen LogP contribution in [0.5, 0.6) is 0 Å². The van der Waals surface area contributed by atoms with Crippen LogP contribution < -0.4 is 4.90 Å². The molecule has 3 aromatic rings. The van der Waals surface area contributed by atoms with Gasteiger partial charge < -0.3 is 9.47 Å². The minimum Gasteiger partial charge on any atom is -0.350 e. The number of anilines is 1. The van der Waals surface area contributed by atoms with E-state index in [1.165, 1.54) is 10.9 Å². The minimum absolute atomic E-state index is 0.0993. The van der Waals surface area contributed by atoms with Gasteiger partial charge in [-0.15, -0.1) is 0 Å². The van der Waals surface area contributed by atoms with Crippen molar-refractivity contribution >= 4 is 22.5 Å². The molecule has 0 fully saturated rings. The van der Waals surface area contributed by atoms with Gasteiger partial charge >= 0.3 is 0 Å². The molecule has 3 nitrogen and oxygen atoms in total. The van der Waals surface area contributed by atoms with Crippen molar-refractivity contribution in [3.63, 3.8) is 0 Å². The molecule has 0 saturated carbocycles. The zero-order valence-corrected chi connectivity index (χ0v) is 12.1. The molecule has 1 amide bonds. The molecule has 2 aromatic carbocycles. The zero-order valence-electron chi connectivity index (χ0n) is 12.1. The normalized spacial score (nSPS) is 14.0. The second-order valence-electron chi connectivity index (χ2n) is 5.66. The van der Waals surface area contributed by atoms with Crippen molar-refractivity contribution in [3.8, 4) is 0 Å². The van der Waals surface area contributed by atoms with E-state index in [2.05, 4.69) is 35.8 Å². The Bertz CT molecular complexity index is 876. The van der Waals surface area contributed by atoms with E-state index in [1.807, 2.05) is 36.3 Å².